The first-order valence-corrected chi connectivity index (χ1v) is 4.45. The maximum atomic E-state index is 4.76. The first kappa shape index (κ1) is 9.36. The molecule has 0 bridgehead atoms. The number of aromatic amines is 1. The number of nitrogens with zero attached hydrogens (tertiary/aromatic N) is 1. The van der Waals surface area contributed by atoms with E-state index < -0.39 is 0 Å². The van der Waals surface area contributed by atoms with Crippen LogP contribution in [0.2, 0.25) is 0 Å². The summed E-state index contributed by atoms with van der Waals surface area (Å²) in [6.45, 7) is 0. The van der Waals surface area contributed by atoms with E-state index in [1.807, 2.05) is 24.3 Å². The van der Waals surface area contributed by atoms with Gasteiger partial charge in [-0.25, -0.2) is 4.98 Å². The summed E-state index contributed by atoms with van der Waals surface area (Å²) >= 11 is 9.53. The molecule has 2 nitrogen and oxygen atoms in total. The molecule has 2 rings (SSSR count). The predicted octanol–water partition coefficient (Wildman–Crippen LogP) is 2.98. The van der Waals surface area contributed by atoms with Gasteiger partial charge in [-0.2, -0.15) is 0 Å². The van der Waals surface area contributed by atoms with Crippen LogP contribution in [0.4, 0.5) is 0 Å². The topological polar surface area (TPSA) is 28.7 Å². The minimum atomic E-state index is 0.194. The summed E-state index contributed by atoms with van der Waals surface area (Å²) in [6, 6.07) is 7.94. The van der Waals surface area contributed by atoms with Crippen molar-refractivity contribution in [1.29, 1.82) is 0 Å². The third-order valence-corrected chi connectivity index (χ3v) is 1.33. The second kappa shape index (κ2) is 5.01. The molecule has 0 aliphatic rings. The molecule has 0 saturated carbocycles. The molecule has 0 aliphatic carbocycles. The number of benzene rings is 1. The van der Waals surface area contributed by atoms with Crippen LogP contribution in [-0.2, 0) is 0 Å². The van der Waals surface area contributed by atoms with Crippen molar-refractivity contribution in [3.05, 3.63) is 30.6 Å². The summed E-state index contributed by atoms with van der Waals surface area (Å²) in [7, 11) is 0. The van der Waals surface area contributed by atoms with Crippen molar-refractivity contribution in [3.8, 4) is 0 Å². The molecule has 1 heterocycles. The van der Waals surface area contributed by atoms with Crippen molar-refractivity contribution in [1.82, 2.24) is 9.97 Å². The van der Waals surface area contributed by atoms with Gasteiger partial charge in [0.1, 0.15) is 0 Å². The molecule has 0 amide bonds. The van der Waals surface area contributed by atoms with Crippen molar-refractivity contribution in [2.45, 2.75) is 0 Å². The summed E-state index contributed by atoms with van der Waals surface area (Å²) in [5.74, 6) is 0. The Balaban J connectivity index is 0.000000213. The van der Waals surface area contributed by atoms with Gasteiger partial charge in [-0.1, -0.05) is 12.1 Å². The lowest BCUT2D eigenvalue weighted by molar-refractivity contribution is 1.34. The molecule has 1 aromatic heterocycles. The van der Waals surface area contributed by atoms with Gasteiger partial charge in [0.15, 0.2) is 0 Å². The number of halogens is 2. The Bertz CT molecular complexity index is 302. The minimum absolute atomic E-state index is 0.194. The van der Waals surface area contributed by atoms with Crippen molar-refractivity contribution >= 4 is 34.2 Å². The maximum Gasteiger partial charge on any atom is 0.0967 e. The molecule has 64 valence electrons. The molecule has 0 atom stereocenters. The number of alkyl halides is 2. The number of imidazole rings is 1. The molecule has 0 fully saturated rings. The second-order valence-corrected chi connectivity index (χ2v) is 2.83. The molecule has 4 heteroatoms. The van der Waals surface area contributed by atoms with Crippen molar-refractivity contribution < 1.29 is 0 Å². The van der Waals surface area contributed by atoms with Gasteiger partial charge in [-0.15, -0.1) is 23.2 Å². The van der Waals surface area contributed by atoms with E-state index >= 15 is 0 Å². The lowest BCUT2D eigenvalue weighted by Crippen LogP contribution is -1.63. The highest BCUT2D eigenvalue weighted by molar-refractivity contribution is 6.40. The standard InChI is InChI=1S/C7H6N2.CH2Cl2/c1-2-4-7-6(3-1)8-5-9-7;2-1-3/h1-5H,(H,8,9);1H2. The van der Waals surface area contributed by atoms with Gasteiger partial charge in [0.25, 0.3) is 0 Å². The van der Waals surface area contributed by atoms with Crippen LogP contribution in [0.1, 0.15) is 0 Å². The quantitative estimate of drug-likeness (QED) is 0.655. The van der Waals surface area contributed by atoms with E-state index in [4.69, 9.17) is 23.2 Å². The fraction of sp³-hybridized carbons (Fsp3) is 0.125. The van der Waals surface area contributed by atoms with Crippen LogP contribution in [0.25, 0.3) is 11.0 Å². The van der Waals surface area contributed by atoms with Crippen LogP contribution in [0.3, 0.4) is 0 Å². The van der Waals surface area contributed by atoms with Gasteiger partial charge < -0.3 is 4.98 Å². The SMILES string of the molecule is ClCCl.c1ccc2[nH]cnc2c1. The molecule has 2 aromatic rings. The molecule has 0 unspecified atom stereocenters. The smallest absolute Gasteiger partial charge is 0.0967 e. The van der Waals surface area contributed by atoms with Gasteiger partial charge in [0, 0.05) is 0 Å². The third-order valence-electron chi connectivity index (χ3n) is 1.33. The Morgan fingerprint density at radius 3 is 2.58 bits per heavy atom. The van der Waals surface area contributed by atoms with Crippen LogP contribution < -0.4 is 0 Å². The van der Waals surface area contributed by atoms with Crippen LogP contribution in [0, 0.1) is 0 Å². The van der Waals surface area contributed by atoms with E-state index in [-0.39, 0.29) is 5.34 Å². The van der Waals surface area contributed by atoms with Gasteiger partial charge >= 0.3 is 0 Å². The number of para-hydroxylation sites is 2. The second-order valence-electron chi connectivity index (χ2n) is 2.02. The van der Waals surface area contributed by atoms with E-state index in [1.165, 1.54) is 0 Å². The zero-order chi connectivity index (χ0) is 8.81. The lowest BCUT2D eigenvalue weighted by Gasteiger charge is -1.81. The summed E-state index contributed by atoms with van der Waals surface area (Å²) in [6.07, 6.45) is 1.70. The lowest BCUT2D eigenvalue weighted by atomic mass is 10.3. The Morgan fingerprint density at radius 2 is 1.92 bits per heavy atom. The number of aromatic nitrogens is 2. The van der Waals surface area contributed by atoms with Crippen LogP contribution in [0.5, 0.6) is 0 Å². The first-order chi connectivity index (χ1) is 5.88. The number of rotatable bonds is 0. The first-order valence-electron chi connectivity index (χ1n) is 3.38. The largest absolute Gasteiger partial charge is 0.345 e. The molecule has 1 N–H and O–H groups in total. The fourth-order valence-electron chi connectivity index (χ4n) is 0.880. The number of H-pyrrole nitrogens is 1. The van der Waals surface area contributed by atoms with E-state index in [1.54, 1.807) is 6.33 Å². The van der Waals surface area contributed by atoms with Crippen LogP contribution in [-0.4, -0.2) is 15.3 Å². The van der Waals surface area contributed by atoms with Gasteiger partial charge in [0.2, 0.25) is 0 Å². The Hall–Kier alpha value is -0.730. The van der Waals surface area contributed by atoms with Gasteiger partial charge in [0.05, 0.1) is 22.7 Å². The highest BCUT2D eigenvalue weighted by atomic mass is 35.5. The molecule has 1 aromatic carbocycles. The average Bonchev–Trinajstić information content (AvgIpc) is 2.52. The number of fused-ring (bicyclic) bond motifs is 1. The Morgan fingerprint density at radius 1 is 1.25 bits per heavy atom. The highest BCUT2D eigenvalue weighted by Gasteiger charge is 1.88. The number of hydrogen-bond donors (Lipinski definition) is 1. The third kappa shape index (κ3) is 2.40. The maximum absolute atomic E-state index is 4.76. The highest BCUT2D eigenvalue weighted by Crippen LogP contribution is 2.05. The van der Waals surface area contributed by atoms with Crippen molar-refractivity contribution in [3.63, 3.8) is 0 Å². The summed E-state index contributed by atoms with van der Waals surface area (Å²) < 4.78 is 0. The summed E-state index contributed by atoms with van der Waals surface area (Å²) in [5, 5.41) is 0.194. The van der Waals surface area contributed by atoms with Crippen molar-refractivity contribution in [2.24, 2.45) is 0 Å². The van der Waals surface area contributed by atoms with Gasteiger partial charge in [-0.05, 0) is 12.1 Å². The molecule has 0 saturated heterocycles. The van der Waals surface area contributed by atoms with E-state index in [2.05, 4.69) is 9.97 Å². The minimum Gasteiger partial charge on any atom is -0.345 e. The summed E-state index contributed by atoms with van der Waals surface area (Å²) in [5.41, 5.74) is 2.12. The Kier molecular flexibility index (Phi) is 3.91. The molecule has 0 radical (unpaired) electrons. The van der Waals surface area contributed by atoms with E-state index in [0.29, 0.717) is 0 Å². The zero-order valence-corrected chi connectivity index (χ0v) is 7.81. The molecular formula is C8H8Cl2N2. The van der Waals surface area contributed by atoms with Gasteiger partial charge in [-0.3, -0.25) is 0 Å². The van der Waals surface area contributed by atoms with E-state index in [0.717, 1.165) is 11.0 Å². The molecule has 0 spiro atoms. The normalized spacial score (nSPS) is 9.17. The zero-order valence-electron chi connectivity index (χ0n) is 6.30. The fourth-order valence-corrected chi connectivity index (χ4v) is 0.880. The van der Waals surface area contributed by atoms with Crippen LogP contribution in [0.15, 0.2) is 30.6 Å². The summed E-state index contributed by atoms with van der Waals surface area (Å²) in [4.78, 5) is 7.07. The molecular weight excluding hydrogens is 195 g/mol. The van der Waals surface area contributed by atoms with Crippen molar-refractivity contribution in [2.75, 3.05) is 5.34 Å². The number of nitrogens with one attached hydrogen (secondary N) is 1. The average molecular weight is 203 g/mol. The predicted molar refractivity (Wildman–Crippen MR) is 52.7 cm³/mol. The van der Waals surface area contributed by atoms with E-state index in [9.17, 15) is 0 Å². The molecule has 0 aliphatic heterocycles. The monoisotopic (exact) mass is 202 g/mol. The number of hydrogen-bond acceptors (Lipinski definition) is 1. The Labute approximate surface area is 80.5 Å². The van der Waals surface area contributed by atoms with Crippen LogP contribution >= 0.6 is 23.2 Å². The molecule has 12 heavy (non-hydrogen) atoms.